The molecule has 0 bridgehead atoms. The van der Waals surface area contributed by atoms with Crippen molar-refractivity contribution in [1.29, 1.82) is 0 Å². The van der Waals surface area contributed by atoms with Crippen molar-refractivity contribution >= 4 is 5.97 Å². The van der Waals surface area contributed by atoms with Crippen LogP contribution in [-0.2, 0) is 0 Å². The van der Waals surface area contributed by atoms with Gasteiger partial charge in [0.25, 0.3) is 0 Å². The maximum atomic E-state index is 13.4. The predicted octanol–water partition coefficient (Wildman–Crippen LogP) is -0.123. The Morgan fingerprint density at radius 3 is 2.56 bits per heavy atom. The largest absolute Gasteiger partial charge is 0.478 e. The number of carbonyl (C=O) groups is 1. The lowest BCUT2D eigenvalue weighted by molar-refractivity contribution is 0.0210. The van der Waals surface area contributed by atoms with Crippen LogP contribution in [0.4, 0.5) is 4.39 Å². The van der Waals surface area contributed by atoms with Gasteiger partial charge in [-0.25, -0.2) is 9.18 Å². The first-order valence-corrected chi connectivity index (χ1v) is 4.57. The highest BCUT2D eigenvalue weighted by atomic mass is 19.1. The average Bonchev–Trinajstić information content (AvgIpc) is 2.26. The van der Waals surface area contributed by atoms with Crippen molar-refractivity contribution in [3.63, 3.8) is 0 Å². The van der Waals surface area contributed by atoms with E-state index in [0.717, 1.165) is 12.1 Å². The van der Waals surface area contributed by atoms with E-state index >= 15 is 0 Å². The molecular formula is C10H12FNO4. The van der Waals surface area contributed by atoms with Gasteiger partial charge in [0.1, 0.15) is 11.9 Å². The molecule has 0 aromatic heterocycles. The molecule has 1 rings (SSSR count). The Morgan fingerprint density at radius 1 is 1.44 bits per heavy atom. The van der Waals surface area contributed by atoms with Crippen LogP contribution >= 0.6 is 0 Å². The van der Waals surface area contributed by atoms with Crippen LogP contribution in [0, 0.1) is 5.82 Å². The molecular weight excluding hydrogens is 217 g/mol. The third kappa shape index (κ3) is 2.35. The zero-order valence-electron chi connectivity index (χ0n) is 8.30. The van der Waals surface area contributed by atoms with E-state index in [4.69, 9.17) is 10.8 Å². The lowest BCUT2D eigenvalue weighted by Crippen LogP contribution is -2.29. The summed E-state index contributed by atoms with van der Waals surface area (Å²) in [5.74, 6) is -2.27. The third-order valence-electron chi connectivity index (χ3n) is 2.19. The molecule has 0 amide bonds. The van der Waals surface area contributed by atoms with E-state index < -0.39 is 29.6 Å². The molecule has 5 N–H and O–H groups in total. The molecule has 6 heteroatoms. The first kappa shape index (κ1) is 12.6. The predicted molar refractivity (Wildman–Crippen MR) is 53.4 cm³/mol. The fourth-order valence-electron chi connectivity index (χ4n) is 1.35. The Morgan fingerprint density at radius 2 is 2.06 bits per heavy atom. The van der Waals surface area contributed by atoms with Crippen molar-refractivity contribution in [1.82, 2.24) is 0 Å². The number of aliphatic hydroxyl groups excluding tert-OH is 2. The van der Waals surface area contributed by atoms with E-state index in [9.17, 15) is 19.4 Å². The van der Waals surface area contributed by atoms with Gasteiger partial charge in [0.15, 0.2) is 0 Å². The summed E-state index contributed by atoms with van der Waals surface area (Å²) < 4.78 is 13.4. The number of halogens is 1. The Labute approximate surface area is 90.9 Å². The highest BCUT2D eigenvalue weighted by Crippen LogP contribution is 2.24. The van der Waals surface area contributed by atoms with Crippen molar-refractivity contribution < 1.29 is 24.5 Å². The second-order valence-corrected chi connectivity index (χ2v) is 3.25. The van der Waals surface area contributed by atoms with Crippen molar-refractivity contribution in [2.45, 2.75) is 12.2 Å². The molecule has 0 heterocycles. The number of hydrogen-bond acceptors (Lipinski definition) is 4. The minimum atomic E-state index is -1.66. The number of carboxylic acid groups (broad SMARTS) is 1. The highest BCUT2D eigenvalue weighted by molar-refractivity contribution is 5.89. The molecule has 0 fully saturated rings. The summed E-state index contributed by atoms with van der Waals surface area (Å²) in [5, 5.41) is 27.6. The number of carboxylic acids is 1. The van der Waals surface area contributed by atoms with E-state index in [1.807, 2.05) is 0 Å². The number of nitrogens with two attached hydrogens (primary N) is 1. The summed E-state index contributed by atoms with van der Waals surface area (Å²) in [7, 11) is 0. The minimum Gasteiger partial charge on any atom is -0.478 e. The SMILES string of the molecule is NCC(O)C(O)c1c(F)cccc1C(=O)O. The Balaban J connectivity index is 3.24. The number of hydrogen-bond donors (Lipinski definition) is 4. The number of benzene rings is 1. The van der Waals surface area contributed by atoms with Gasteiger partial charge in [-0.05, 0) is 12.1 Å². The lowest BCUT2D eigenvalue weighted by atomic mass is 9.98. The summed E-state index contributed by atoms with van der Waals surface area (Å²) in [6, 6.07) is 3.37. The van der Waals surface area contributed by atoms with Crippen molar-refractivity contribution in [3.05, 3.63) is 35.1 Å². The molecule has 1 aromatic carbocycles. The monoisotopic (exact) mass is 229 g/mol. The van der Waals surface area contributed by atoms with Gasteiger partial charge in [0, 0.05) is 12.1 Å². The topological polar surface area (TPSA) is 104 Å². The van der Waals surface area contributed by atoms with Crippen LogP contribution in [0.3, 0.4) is 0 Å². The van der Waals surface area contributed by atoms with E-state index in [1.54, 1.807) is 0 Å². The zero-order valence-corrected chi connectivity index (χ0v) is 8.30. The quantitative estimate of drug-likeness (QED) is 0.576. The summed E-state index contributed by atoms with van der Waals surface area (Å²) in [6.07, 6.45) is -3.06. The van der Waals surface area contributed by atoms with Gasteiger partial charge in [-0.2, -0.15) is 0 Å². The zero-order chi connectivity index (χ0) is 12.3. The third-order valence-corrected chi connectivity index (χ3v) is 2.19. The first-order chi connectivity index (χ1) is 7.49. The molecule has 2 unspecified atom stereocenters. The van der Waals surface area contributed by atoms with Crippen LogP contribution in [0.5, 0.6) is 0 Å². The molecule has 2 atom stereocenters. The fraction of sp³-hybridized carbons (Fsp3) is 0.300. The Bertz CT molecular complexity index is 396. The molecule has 0 aliphatic rings. The second-order valence-electron chi connectivity index (χ2n) is 3.25. The lowest BCUT2D eigenvalue weighted by Gasteiger charge is -2.18. The number of rotatable bonds is 4. The normalized spacial score (nSPS) is 14.5. The standard InChI is InChI=1S/C10H12FNO4/c11-6-3-1-2-5(10(15)16)8(6)9(14)7(13)4-12/h1-3,7,9,13-14H,4,12H2,(H,15,16). The number of aliphatic hydroxyl groups is 2. The van der Waals surface area contributed by atoms with Gasteiger partial charge in [0.2, 0.25) is 0 Å². The highest BCUT2D eigenvalue weighted by Gasteiger charge is 2.25. The van der Waals surface area contributed by atoms with Gasteiger partial charge in [-0.1, -0.05) is 6.07 Å². The first-order valence-electron chi connectivity index (χ1n) is 4.57. The molecule has 0 aliphatic heterocycles. The fourth-order valence-corrected chi connectivity index (χ4v) is 1.35. The molecule has 88 valence electrons. The summed E-state index contributed by atoms with van der Waals surface area (Å²) in [6.45, 7) is -0.297. The molecule has 0 aliphatic carbocycles. The van der Waals surface area contributed by atoms with Gasteiger partial charge in [-0.3, -0.25) is 0 Å². The van der Waals surface area contributed by atoms with Gasteiger partial charge in [-0.15, -0.1) is 0 Å². The smallest absolute Gasteiger partial charge is 0.336 e. The second kappa shape index (κ2) is 5.02. The Hall–Kier alpha value is -1.50. The Kier molecular flexibility index (Phi) is 3.94. The molecule has 1 aromatic rings. The van der Waals surface area contributed by atoms with Crippen LogP contribution in [0.25, 0.3) is 0 Å². The van der Waals surface area contributed by atoms with Crippen LogP contribution < -0.4 is 5.73 Å². The molecule has 0 spiro atoms. The maximum Gasteiger partial charge on any atom is 0.336 e. The summed E-state index contributed by atoms with van der Waals surface area (Å²) in [4.78, 5) is 10.8. The van der Waals surface area contributed by atoms with Gasteiger partial charge >= 0.3 is 5.97 Å². The van der Waals surface area contributed by atoms with Gasteiger partial charge in [0.05, 0.1) is 11.7 Å². The van der Waals surface area contributed by atoms with E-state index in [0.29, 0.717) is 0 Å². The van der Waals surface area contributed by atoms with Crippen LogP contribution in [0.1, 0.15) is 22.0 Å². The summed E-state index contributed by atoms with van der Waals surface area (Å²) >= 11 is 0. The molecule has 0 radical (unpaired) electrons. The van der Waals surface area contributed by atoms with Gasteiger partial charge < -0.3 is 21.1 Å². The van der Waals surface area contributed by atoms with E-state index in [-0.39, 0.29) is 12.1 Å². The van der Waals surface area contributed by atoms with Crippen LogP contribution in [-0.4, -0.2) is 33.9 Å². The number of aromatic carboxylic acids is 1. The molecule has 5 nitrogen and oxygen atoms in total. The van der Waals surface area contributed by atoms with Crippen LogP contribution in [0.2, 0.25) is 0 Å². The average molecular weight is 229 g/mol. The molecule has 0 saturated carbocycles. The molecule has 0 saturated heterocycles. The molecule has 16 heavy (non-hydrogen) atoms. The minimum absolute atomic E-state index is 0.297. The van der Waals surface area contributed by atoms with Crippen molar-refractivity contribution in [2.75, 3.05) is 6.54 Å². The van der Waals surface area contributed by atoms with E-state index in [2.05, 4.69) is 0 Å². The van der Waals surface area contributed by atoms with Crippen LogP contribution in [0.15, 0.2) is 18.2 Å². The van der Waals surface area contributed by atoms with E-state index in [1.165, 1.54) is 6.07 Å². The summed E-state index contributed by atoms with van der Waals surface area (Å²) in [5.41, 5.74) is 4.27. The maximum absolute atomic E-state index is 13.4. The van der Waals surface area contributed by atoms with Crippen molar-refractivity contribution in [3.8, 4) is 0 Å². The van der Waals surface area contributed by atoms with Crippen molar-refractivity contribution in [2.24, 2.45) is 5.73 Å².